The molecule has 2 unspecified atom stereocenters. The van der Waals surface area contributed by atoms with Crippen molar-refractivity contribution in [2.45, 2.75) is 51.2 Å². The summed E-state index contributed by atoms with van der Waals surface area (Å²) in [5, 5.41) is 5.09. The monoisotopic (exact) mass is 267 g/mol. The van der Waals surface area contributed by atoms with Gasteiger partial charge in [-0.25, -0.2) is 0 Å². The minimum absolute atomic E-state index is 0.0642. The number of amides is 4. The van der Waals surface area contributed by atoms with Crippen molar-refractivity contribution in [3.8, 4) is 0 Å². The Morgan fingerprint density at radius 1 is 1.21 bits per heavy atom. The highest BCUT2D eigenvalue weighted by Gasteiger charge is 2.42. The maximum absolute atomic E-state index is 12.0. The van der Waals surface area contributed by atoms with Gasteiger partial charge in [-0.3, -0.25) is 34.7 Å². The fourth-order valence-electron chi connectivity index (χ4n) is 2.42. The standard InChI is InChI=1S/C12H17N3O4/c1-6(2)15-10(17)5-8(12(15)19)13-7-3-4-9(16)14-11(7)18/h6-8,13H,3-5H2,1-2H3,(H,14,16,18). The van der Waals surface area contributed by atoms with Gasteiger partial charge in [-0.1, -0.05) is 0 Å². The largest absolute Gasteiger partial charge is 0.295 e. The Kier molecular flexibility index (Phi) is 3.66. The van der Waals surface area contributed by atoms with E-state index in [-0.39, 0.29) is 36.6 Å². The second-order valence-electron chi connectivity index (χ2n) is 5.12. The molecule has 2 saturated heterocycles. The van der Waals surface area contributed by atoms with Crippen molar-refractivity contribution in [2.75, 3.05) is 0 Å². The Hall–Kier alpha value is -1.76. The average Bonchev–Trinajstić information content (AvgIpc) is 2.58. The van der Waals surface area contributed by atoms with Crippen molar-refractivity contribution in [1.82, 2.24) is 15.5 Å². The molecule has 0 aromatic heterocycles. The summed E-state index contributed by atoms with van der Waals surface area (Å²) in [5.74, 6) is -1.27. The maximum Gasteiger partial charge on any atom is 0.247 e. The van der Waals surface area contributed by atoms with Gasteiger partial charge in [0, 0.05) is 12.5 Å². The topological polar surface area (TPSA) is 95.6 Å². The number of hydrogen-bond acceptors (Lipinski definition) is 5. The summed E-state index contributed by atoms with van der Waals surface area (Å²) in [4.78, 5) is 47.6. The molecular formula is C12H17N3O4. The van der Waals surface area contributed by atoms with Crippen LogP contribution in [-0.4, -0.2) is 46.7 Å². The van der Waals surface area contributed by atoms with Crippen molar-refractivity contribution in [3.05, 3.63) is 0 Å². The number of hydrogen-bond donors (Lipinski definition) is 2. The van der Waals surface area contributed by atoms with Crippen LogP contribution in [-0.2, 0) is 19.2 Å². The second kappa shape index (κ2) is 5.08. The quantitative estimate of drug-likeness (QED) is 0.634. The van der Waals surface area contributed by atoms with Gasteiger partial charge < -0.3 is 0 Å². The molecule has 7 nitrogen and oxygen atoms in total. The highest BCUT2D eigenvalue weighted by Crippen LogP contribution is 2.18. The van der Waals surface area contributed by atoms with Crippen LogP contribution in [0.1, 0.15) is 33.1 Å². The summed E-state index contributed by atoms with van der Waals surface area (Å²) >= 11 is 0. The van der Waals surface area contributed by atoms with Crippen LogP contribution in [0, 0.1) is 0 Å². The van der Waals surface area contributed by atoms with Crippen LogP contribution in [0.15, 0.2) is 0 Å². The van der Waals surface area contributed by atoms with E-state index in [0.29, 0.717) is 6.42 Å². The Labute approximate surface area is 110 Å². The number of imide groups is 2. The number of carbonyl (C=O) groups is 4. The highest BCUT2D eigenvalue weighted by atomic mass is 16.2. The van der Waals surface area contributed by atoms with E-state index in [1.54, 1.807) is 13.8 Å². The van der Waals surface area contributed by atoms with E-state index in [2.05, 4.69) is 10.6 Å². The van der Waals surface area contributed by atoms with E-state index >= 15 is 0 Å². The van der Waals surface area contributed by atoms with Gasteiger partial charge in [0.2, 0.25) is 23.6 Å². The first kappa shape index (κ1) is 13.7. The molecule has 0 aromatic carbocycles. The van der Waals surface area contributed by atoms with E-state index in [9.17, 15) is 19.2 Å². The summed E-state index contributed by atoms with van der Waals surface area (Å²) in [5.41, 5.74) is 0. The van der Waals surface area contributed by atoms with E-state index in [4.69, 9.17) is 0 Å². The van der Waals surface area contributed by atoms with E-state index < -0.39 is 18.0 Å². The van der Waals surface area contributed by atoms with Crippen molar-refractivity contribution >= 4 is 23.6 Å². The molecule has 104 valence electrons. The van der Waals surface area contributed by atoms with Crippen LogP contribution in [0.25, 0.3) is 0 Å². The van der Waals surface area contributed by atoms with Crippen LogP contribution in [0.5, 0.6) is 0 Å². The molecule has 0 aliphatic carbocycles. The summed E-state index contributed by atoms with van der Waals surface area (Å²) in [6.45, 7) is 3.54. The van der Waals surface area contributed by atoms with E-state index in [0.717, 1.165) is 0 Å². The van der Waals surface area contributed by atoms with Gasteiger partial charge in [-0.2, -0.15) is 0 Å². The van der Waals surface area contributed by atoms with Gasteiger partial charge >= 0.3 is 0 Å². The van der Waals surface area contributed by atoms with Gasteiger partial charge in [0.05, 0.1) is 18.5 Å². The summed E-state index contributed by atoms with van der Waals surface area (Å²) < 4.78 is 0. The third-order valence-electron chi connectivity index (χ3n) is 3.34. The normalized spacial score (nSPS) is 28.3. The lowest BCUT2D eigenvalue weighted by atomic mass is 10.0. The minimum atomic E-state index is -0.668. The molecule has 2 aliphatic rings. The van der Waals surface area contributed by atoms with Crippen LogP contribution in [0.3, 0.4) is 0 Å². The van der Waals surface area contributed by atoms with Crippen molar-refractivity contribution in [1.29, 1.82) is 0 Å². The average molecular weight is 267 g/mol. The van der Waals surface area contributed by atoms with Crippen LogP contribution < -0.4 is 10.6 Å². The van der Waals surface area contributed by atoms with Gasteiger partial charge in [-0.15, -0.1) is 0 Å². The Balaban J connectivity index is 2.01. The molecule has 0 radical (unpaired) electrons. The Morgan fingerprint density at radius 2 is 1.89 bits per heavy atom. The van der Waals surface area contributed by atoms with E-state index in [1.807, 2.05) is 0 Å². The molecule has 7 heteroatoms. The predicted octanol–water partition coefficient (Wildman–Crippen LogP) is -1.08. The van der Waals surface area contributed by atoms with Crippen LogP contribution in [0.4, 0.5) is 0 Å². The molecule has 2 N–H and O–H groups in total. The molecule has 0 saturated carbocycles. The lowest BCUT2D eigenvalue weighted by molar-refractivity contribution is -0.140. The Morgan fingerprint density at radius 3 is 2.42 bits per heavy atom. The number of rotatable bonds is 3. The molecule has 2 atom stereocenters. The first-order valence-corrected chi connectivity index (χ1v) is 6.35. The number of piperidine rings is 1. The predicted molar refractivity (Wildman–Crippen MR) is 64.7 cm³/mol. The summed E-state index contributed by atoms with van der Waals surface area (Å²) in [6.07, 6.45) is 0.658. The lowest BCUT2D eigenvalue weighted by Gasteiger charge is -2.25. The second-order valence-corrected chi connectivity index (χ2v) is 5.12. The lowest BCUT2D eigenvalue weighted by Crippen LogP contribution is -2.55. The van der Waals surface area contributed by atoms with Crippen molar-refractivity contribution in [2.24, 2.45) is 0 Å². The zero-order chi connectivity index (χ0) is 14.2. The summed E-state index contributed by atoms with van der Waals surface area (Å²) in [6, 6.07) is -1.45. The molecule has 2 heterocycles. The molecule has 0 spiro atoms. The van der Waals surface area contributed by atoms with Gasteiger partial charge in [0.15, 0.2) is 0 Å². The maximum atomic E-state index is 12.0. The molecule has 0 bridgehead atoms. The third-order valence-corrected chi connectivity index (χ3v) is 3.34. The molecule has 19 heavy (non-hydrogen) atoms. The minimum Gasteiger partial charge on any atom is -0.295 e. The SMILES string of the molecule is CC(C)N1C(=O)CC(NC2CCC(=O)NC2=O)C1=O. The van der Waals surface area contributed by atoms with Crippen molar-refractivity contribution < 1.29 is 19.2 Å². The number of likely N-dealkylation sites (tertiary alicyclic amines) is 1. The molecule has 4 amide bonds. The van der Waals surface area contributed by atoms with Crippen LogP contribution >= 0.6 is 0 Å². The van der Waals surface area contributed by atoms with E-state index in [1.165, 1.54) is 4.90 Å². The third kappa shape index (κ3) is 2.65. The van der Waals surface area contributed by atoms with Crippen molar-refractivity contribution in [3.63, 3.8) is 0 Å². The number of carbonyl (C=O) groups excluding carboxylic acids is 4. The first-order valence-electron chi connectivity index (χ1n) is 6.35. The van der Waals surface area contributed by atoms with Gasteiger partial charge in [0.1, 0.15) is 0 Å². The molecule has 0 aromatic rings. The zero-order valence-corrected chi connectivity index (χ0v) is 10.9. The zero-order valence-electron chi connectivity index (χ0n) is 10.9. The van der Waals surface area contributed by atoms with Gasteiger partial charge in [-0.05, 0) is 20.3 Å². The van der Waals surface area contributed by atoms with Gasteiger partial charge in [0.25, 0.3) is 0 Å². The smallest absolute Gasteiger partial charge is 0.247 e. The fourth-order valence-corrected chi connectivity index (χ4v) is 2.42. The summed E-state index contributed by atoms with van der Waals surface area (Å²) in [7, 11) is 0. The first-order chi connectivity index (χ1) is 8.90. The number of nitrogens with zero attached hydrogens (tertiary/aromatic N) is 1. The number of nitrogens with one attached hydrogen (secondary N) is 2. The fraction of sp³-hybridized carbons (Fsp3) is 0.667. The highest BCUT2D eigenvalue weighted by molar-refractivity contribution is 6.06. The van der Waals surface area contributed by atoms with Crippen LogP contribution in [0.2, 0.25) is 0 Å². The Bertz CT molecular complexity index is 446. The molecular weight excluding hydrogens is 250 g/mol. The molecule has 2 aliphatic heterocycles. The molecule has 2 fully saturated rings. The molecule has 2 rings (SSSR count).